The summed E-state index contributed by atoms with van der Waals surface area (Å²) in [6, 6.07) is 0. The van der Waals surface area contributed by atoms with E-state index in [1.54, 1.807) is 5.29 Å². The zero-order valence-electron chi connectivity index (χ0n) is 4.65. The van der Waals surface area contributed by atoms with Crippen molar-refractivity contribution in [2.75, 3.05) is 6.66 Å². The molecular weight excluding hydrogens is 91.0 g/mol. The van der Waals surface area contributed by atoms with Gasteiger partial charge in [0, 0.05) is 0 Å². The maximum absolute atomic E-state index is 2.19. The maximum Gasteiger partial charge on any atom is -0.0224 e. The van der Waals surface area contributed by atoms with E-state index in [2.05, 4.69) is 20.5 Å². The van der Waals surface area contributed by atoms with Crippen LogP contribution in [0.1, 0.15) is 20.3 Å². The summed E-state index contributed by atoms with van der Waals surface area (Å²) in [6.07, 6.45) is 1.23. The molecule has 0 N–H and O–H groups in total. The number of rotatable bonds is 1. The van der Waals surface area contributed by atoms with E-state index in [0.29, 0.717) is 0 Å². The van der Waals surface area contributed by atoms with E-state index in [4.69, 9.17) is 0 Å². The van der Waals surface area contributed by atoms with Crippen molar-refractivity contribution < 1.29 is 0 Å². The van der Waals surface area contributed by atoms with Crippen LogP contribution in [0.25, 0.3) is 0 Å². The second kappa shape index (κ2) is 3.36. The fourth-order valence-corrected chi connectivity index (χ4v) is 0.474. The Hall–Kier alpha value is 0.170. The van der Waals surface area contributed by atoms with Crippen LogP contribution in [0.5, 0.6) is 0 Å². The van der Waals surface area contributed by atoms with Gasteiger partial charge in [0.25, 0.3) is 0 Å². The molecule has 0 fully saturated rings. The summed E-state index contributed by atoms with van der Waals surface area (Å²) in [4.78, 5) is 0. The zero-order chi connectivity index (χ0) is 4.99. The molecule has 0 atom stereocenters. The summed E-state index contributed by atoms with van der Waals surface area (Å²) >= 11 is 0. The quantitative estimate of drug-likeness (QED) is 0.445. The van der Waals surface area contributed by atoms with Crippen molar-refractivity contribution in [3.63, 3.8) is 0 Å². The average molecular weight is 102 g/mol. The third-order valence-electron chi connectivity index (χ3n) is 0.893. The molecule has 0 rings (SSSR count). The topological polar surface area (TPSA) is 0 Å². The average Bonchev–Trinajstić information content (AvgIpc) is 1.65. The molecule has 0 nitrogen and oxygen atoms in total. The van der Waals surface area contributed by atoms with E-state index < -0.39 is 0 Å². The minimum absolute atomic E-state index is 1.23. The fraction of sp³-hybridized carbons (Fsp3) is 0.800. The van der Waals surface area contributed by atoms with Gasteiger partial charge in [-0.25, -0.2) is 0 Å². The molecule has 0 radical (unpaired) electrons. The molecule has 0 bridgehead atoms. The molecule has 36 valence electrons. The molecule has 0 aromatic carbocycles. The number of hydrogen-bond acceptors (Lipinski definition) is 0. The van der Waals surface area contributed by atoms with Crippen LogP contribution in [0.3, 0.4) is 0 Å². The van der Waals surface area contributed by atoms with Gasteiger partial charge >= 0.3 is 0 Å². The van der Waals surface area contributed by atoms with Crippen LogP contribution in [-0.4, -0.2) is 12.0 Å². The van der Waals surface area contributed by atoms with Gasteiger partial charge in [0.15, 0.2) is 0 Å². The second-order valence-electron chi connectivity index (χ2n) is 1.31. The third kappa shape index (κ3) is 2.41. The lowest BCUT2D eigenvalue weighted by Crippen LogP contribution is -1.77. The van der Waals surface area contributed by atoms with Crippen molar-refractivity contribution in [1.29, 1.82) is 0 Å². The molecule has 0 aromatic heterocycles. The molecule has 0 aliphatic heterocycles. The molecule has 0 saturated heterocycles. The highest BCUT2D eigenvalue weighted by molar-refractivity contribution is 7.39. The molecule has 0 aliphatic rings. The SMILES string of the molecule is CCC(C)=PC. The van der Waals surface area contributed by atoms with Crippen molar-refractivity contribution in [3.8, 4) is 0 Å². The Kier molecular flexibility index (Phi) is 3.46. The lowest BCUT2D eigenvalue weighted by molar-refractivity contribution is 1.31. The predicted molar refractivity (Wildman–Crippen MR) is 33.8 cm³/mol. The van der Waals surface area contributed by atoms with Crippen molar-refractivity contribution >= 4 is 13.5 Å². The Morgan fingerprint density at radius 1 is 1.67 bits per heavy atom. The molecule has 0 aromatic rings. The minimum atomic E-state index is 1.23. The van der Waals surface area contributed by atoms with E-state index >= 15 is 0 Å². The van der Waals surface area contributed by atoms with Crippen LogP contribution in [0.4, 0.5) is 0 Å². The van der Waals surface area contributed by atoms with E-state index in [1.165, 1.54) is 14.6 Å². The lowest BCUT2D eigenvalue weighted by Gasteiger charge is -1.84. The van der Waals surface area contributed by atoms with Gasteiger partial charge in [0.1, 0.15) is 0 Å². The van der Waals surface area contributed by atoms with Gasteiger partial charge in [-0.05, 0) is 20.0 Å². The Morgan fingerprint density at radius 3 is 2.17 bits per heavy atom. The molecule has 0 spiro atoms. The summed E-state index contributed by atoms with van der Waals surface area (Å²) in [5.41, 5.74) is 0. The van der Waals surface area contributed by atoms with Gasteiger partial charge in [-0.2, -0.15) is 0 Å². The summed E-state index contributed by atoms with van der Waals surface area (Å²) in [5.74, 6) is 0. The largest absolute Gasteiger partial charge is 0.109 e. The highest BCUT2D eigenvalue weighted by atomic mass is 31.1. The van der Waals surface area contributed by atoms with Crippen LogP contribution in [0.15, 0.2) is 0 Å². The highest BCUT2D eigenvalue weighted by Gasteiger charge is 1.74. The second-order valence-corrected chi connectivity index (χ2v) is 2.52. The first-order chi connectivity index (χ1) is 2.81. The summed E-state index contributed by atoms with van der Waals surface area (Å²) in [6.45, 7) is 6.53. The number of hydrogen-bond donors (Lipinski definition) is 0. The first kappa shape index (κ1) is 6.17. The Labute approximate surface area is 41.4 Å². The van der Waals surface area contributed by atoms with E-state index in [0.717, 1.165) is 0 Å². The standard InChI is InChI=1S/C5H11P/c1-4-5(2)6-3/h4H2,1-3H3. The van der Waals surface area contributed by atoms with Crippen LogP contribution in [0.2, 0.25) is 0 Å². The summed E-state index contributed by atoms with van der Waals surface area (Å²) < 4.78 is 0. The van der Waals surface area contributed by atoms with Crippen LogP contribution in [0, 0.1) is 0 Å². The Morgan fingerprint density at radius 2 is 2.17 bits per heavy atom. The van der Waals surface area contributed by atoms with Crippen LogP contribution >= 0.6 is 8.20 Å². The predicted octanol–water partition coefficient (Wildman–Crippen LogP) is 2.16. The monoisotopic (exact) mass is 102 g/mol. The minimum Gasteiger partial charge on any atom is -0.109 e. The third-order valence-corrected chi connectivity index (χ3v) is 1.97. The van der Waals surface area contributed by atoms with Crippen LogP contribution in [-0.2, 0) is 0 Å². The zero-order valence-corrected chi connectivity index (χ0v) is 5.55. The van der Waals surface area contributed by atoms with Crippen molar-refractivity contribution in [2.24, 2.45) is 0 Å². The Bertz CT molecular complexity index is 55.0. The molecule has 0 heterocycles. The van der Waals surface area contributed by atoms with Crippen molar-refractivity contribution in [1.82, 2.24) is 0 Å². The molecule has 0 unspecified atom stereocenters. The maximum atomic E-state index is 2.19. The first-order valence-corrected chi connectivity index (χ1v) is 3.57. The van der Waals surface area contributed by atoms with Gasteiger partial charge < -0.3 is 0 Å². The van der Waals surface area contributed by atoms with Gasteiger partial charge in [0.05, 0.1) is 0 Å². The van der Waals surface area contributed by atoms with E-state index in [9.17, 15) is 0 Å². The highest BCUT2D eigenvalue weighted by Crippen LogP contribution is 1.93. The van der Waals surface area contributed by atoms with Crippen molar-refractivity contribution in [3.05, 3.63) is 0 Å². The normalized spacial score (nSPS) is 12.2. The van der Waals surface area contributed by atoms with Gasteiger partial charge in [-0.3, -0.25) is 0 Å². The van der Waals surface area contributed by atoms with Crippen molar-refractivity contribution in [2.45, 2.75) is 20.3 Å². The van der Waals surface area contributed by atoms with Gasteiger partial charge in [-0.1, -0.05) is 12.2 Å². The molecule has 6 heavy (non-hydrogen) atoms. The molecule has 0 saturated carbocycles. The summed E-state index contributed by atoms with van der Waals surface area (Å²) in [5, 5.41) is 1.56. The van der Waals surface area contributed by atoms with E-state index in [-0.39, 0.29) is 0 Å². The lowest BCUT2D eigenvalue weighted by atomic mass is 10.4. The molecule has 1 heteroatoms. The smallest absolute Gasteiger partial charge is 0.0224 e. The fourth-order valence-electron chi connectivity index (χ4n) is 0.158. The molecular formula is C5H11P. The summed E-state index contributed by atoms with van der Waals surface area (Å²) in [7, 11) is 1.44. The Balaban J connectivity index is 3.22. The van der Waals surface area contributed by atoms with Crippen LogP contribution < -0.4 is 0 Å². The first-order valence-electron chi connectivity index (χ1n) is 2.23. The van der Waals surface area contributed by atoms with E-state index in [1.807, 2.05) is 0 Å². The molecule has 0 amide bonds. The van der Waals surface area contributed by atoms with Gasteiger partial charge in [-0.15, -0.1) is 8.20 Å². The molecule has 0 aliphatic carbocycles. The van der Waals surface area contributed by atoms with Gasteiger partial charge in [0.2, 0.25) is 0 Å².